The van der Waals surface area contributed by atoms with Crippen molar-refractivity contribution in [2.45, 2.75) is 0 Å². The van der Waals surface area contributed by atoms with E-state index in [0.29, 0.717) is 21.5 Å². The van der Waals surface area contributed by atoms with E-state index in [0.717, 1.165) is 11.1 Å². The first-order valence-corrected chi connectivity index (χ1v) is 9.05. The van der Waals surface area contributed by atoms with E-state index in [1.807, 2.05) is 30.3 Å². The van der Waals surface area contributed by atoms with E-state index < -0.39 is 5.56 Å². The number of aromatic nitrogens is 2. The van der Waals surface area contributed by atoms with Gasteiger partial charge in [0.2, 0.25) is 0 Å². The minimum absolute atomic E-state index is 0.0770. The molecule has 2 heterocycles. The minimum Gasteiger partial charge on any atom is -0.321 e. The monoisotopic (exact) mass is 386 g/mol. The highest BCUT2D eigenvalue weighted by Gasteiger charge is 2.19. The maximum Gasteiger partial charge on any atom is 0.260 e. The fraction of sp³-hybridized carbons (Fsp3) is 0. The van der Waals surface area contributed by atoms with Gasteiger partial charge in [0.05, 0.1) is 5.56 Å². The Hall–Kier alpha value is -3.50. The number of halogens is 1. The Labute approximate surface area is 166 Å². The number of benzene rings is 2. The molecule has 0 spiro atoms. The Bertz CT molecular complexity index is 1250. The van der Waals surface area contributed by atoms with Gasteiger partial charge in [-0.05, 0) is 47.5 Å². The third kappa shape index (κ3) is 3.50. The van der Waals surface area contributed by atoms with Crippen molar-refractivity contribution in [1.82, 2.24) is 9.97 Å². The number of nitrogens with zero attached hydrogens (tertiary/aromatic N) is 1. The third-order valence-electron chi connectivity index (χ3n) is 4.42. The number of ketones is 1. The van der Waals surface area contributed by atoms with Crippen LogP contribution in [0.15, 0.2) is 83.9 Å². The second kappa shape index (κ2) is 7.62. The molecule has 0 amide bonds. The van der Waals surface area contributed by atoms with Gasteiger partial charge in [0.15, 0.2) is 5.78 Å². The molecule has 0 fully saturated rings. The van der Waals surface area contributed by atoms with Crippen LogP contribution in [-0.4, -0.2) is 15.8 Å². The summed E-state index contributed by atoms with van der Waals surface area (Å²) in [6, 6.07) is 18.2. The lowest BCUT2D eigenvalue weighted by atomic mass is 9.94. The number of allylic oxidation sites excluding steroid dienone is 1. The Balaban J connectivity index is 1.95. The van der Waals surface area contributed by atoms with E-state index in [-0.39, 0.29) is 11.3 Å². The topological polar surface area (TPSA) is 62.8 Å². The number of pyridine rings is 2. The molecule has 0 saturated heterocycles. The number of rotatable bonds is 4. The van der Waals surface area contributed by atoms with Crippen LogP contribution in [0.1, 0.15) is 15.9 Å². The van der Waals surface area contributed by atoms with Gasteiger partial charge in [0, 0.05) is 33.9 Å². The Kier molecular flexibility index (Phi) is 4.87. The van der Waals surface area contributed by atoms with Crippen LogP contribution in [0.4, 0.5) is 0 Å². The molecule has 0 saturated carbocycles. The zero-order chi connectivity index (χ0) is 19.5. The van der Waals surface area contributed by atoms with Crippen molar-refractivity contribution >= 4 is 34.4 Å². The predicted molar refractivity (Wildman–Crippen MR) is 113 cm³/mol. The van der Waals surface area contributed by atoms with Crippen LogP contribution in [0, 0.1) is 0 Å². The number of nitrogens with one attached hydrogen (secondary N) is 1. The van der Waals surface area contributed by atoms with Crippen molar-refractivity contribution in [3.63, 3.8) is 0 Å². The van der Waals surface area contributed by atoms with Crippen LogP contribution in [-0.2, 0) is 0 Å². The molecule has 0 aliphatic heterocycles. The zero-order valence-corrected chi connectivity index (χ0v) is 15.5. The standard InChI is InChI=1S/C23H15ClN2O2/c24-17-7-8-19-18(14-17)21(16-10-12-25-13-11-16)22(23(28)26-19)20(27)9-6-15-4-2-1-3-5-15/h1-14H,(H,26,28)/b9-6+. The smallest absolute Gasteiger partial charge is 0.260 e. The Morgan fingerprint density at radius 1 is 1.00 bits per heavy atom. The number of hydrogen-bond donors (Lipinski definition) is 1. The van der Waals surface area contributed by atoms with E-state index in [2.05, 4.69) is 9.97 Å². The second-order valence-corrected chi connectivity index (χ2v) is 6.67. The van der Waals surface area contributed by atoms with E-state index >= 15 is 0 Å². The van der Waals surface area contributed by atoms with Crippen LogP contribution < -0.4 is 5.56 Å². The molecule has 2 aromatic heterocycles. The molecule has 136 valence electrons. The summed E-state index contributed by atoms with van der Waals surface area (Å²) in [6.45, 7) is 0. The van der Waals surface area contributed by atoms with Crippen molar-refractivity contribution < 1.29 is 4.79 Å². The maximum atomic E-state index is 13.0. The lowest BCUT2D eigenvalue weighted by molar-refractivity contribution is 0.104. The Morgan fingerprint density at radius 3 is 2.50 bits per heavy atom. The first-order chi connectivity index (χ1) is 13.6. The van der Waals surface area contributed by atoms with Crippen LogP contribution >= 0.6 is 11.6 Å². The SMILES string of the molecule is O=C(/C=C/c1ccccc1)c1c(-c2ccncc2)c2cc(Cl)ccc2[nH]c1=O. The van der Waals surface area contributed by atoms with Gasteiger partial charge in [0.1, 0.15) is 0 Å². The summed E-state index contributed by atoms with van der Waals surface area (Å²) in [7, 11) is 0. The average Bonchev–Trinajstić information content (AvgIpc) is 2.73. The Morgan fingerprint density at radius 2 is 1.75 bits per heavy atom. The minimum atomic E-state index is -0.440. The summed E-state index contributed by atoms with van der Waals surface area (Å²) in [4.78, 5) is 32.6. The van der Waals surface area contributed by atoms with Crippen LogP contribution in [0.5, 0.6) is 0 Å². The normalized spacial score (nSPS) is 11.2. The largest absolute Gasteiger partial charge is 0.321 e. The fourth-order valence-electron chi connectivity index (χ4n) is 3.14. The molecule has 5 heteroatoms. The fourth-order valence-corrected chi connectivity index (χ4v) is 3.31. The van der Waals surface area contributed by atoms with Crippen molar-refractivity contribution in [1.29, 1.82) is 0 Å². The summed E-state index contributed by atoms with van der Waals surface area (Å²) >= 11 is 6.19. The second-order valence-electron chi connectivity index (χ2n) is 6.24. The third-order valence-corrected chi connectivity index (χ3v) is 4.65. The number of aromatic amines is 1. The lowest BCUT2D eigenvalue weighted by Crippen LogP contribution is -2.18. The van der Waals surface area contributed by atoms with Gasteiger partial charge in [-0.2, -0.15) is 0 Å². The highest BCUT2D eigenvalue weighted by Crippen LogP contribution is 2.31. The van der Waals surface area contributed by atoms with Gasteiger partial charge >= 0.3 is 0 Å². The highest BCUT2D eigenvalue weighted by molar-refractivity contribution is 6.31. The molecule has 0 atom stereocenters. The first-order valence-electron chi connectivity index (χ1n) is 8.67. The van der Waals surface area contributed by atoms with Crippen LogP contribution in [0.3, 0.4) is 0 Å². The summed E-state index contributed by atoms with van der Waals surface area (Å²) in [5.41, 5.74) is 2.40. The average molecular weight is 387 g/mol. The highest BCUT2D eigenvalue weighted by atomic mass is 35.5. The van der Waals surface area contributed by atoms with Crippen molar-refractivity contribution in [2.24, 2.45) is 0 Å². The molecular weight excluding hydrogens is 372 g/mol. The molecular formula is C23H15ClN2O2. The van der Waals surface area contributed by atoms with Gasteiger partial charge < -0.3 is 4.98 Å². The molecule has 28 heavy (non-hydrogen) atoms. The summed E-state index contributed by atoms with van der Waals surface area (Å²) in [5, 5.41) is 1.22. The van der Waals surface area contributed by atoms with Crippen molar-refractivity contribution in [3.05, 3.63) is 106 Å². The van der Waals surface area contributed by atoms with Crippen molar-refractivity contribution in [3.8, 4) is 11.1 Å². The number of carbonyl (C=O) groups excluding carboxylic acids is 1. The number of fused-ring (bicyclic) bond motifs is 1. The zero-order valence-electron chi connectivity index (χ0n) is 14.7. The van der Waals surface area contributed by atoms with Crippen molar-refractivity contribution in [2.75, 3.05) is 0 Å². The van der Waals surface area contributed by atoms with Gasteiger partial charge in [-0.3, -0.25) is 14.6 Å². The summed E-state index contributed by atoms with van der Waals surface area (Å²) in [6.07, 6.45) is 6.36. The molecule has 0 radical (unpaired) electrons. The van der Waals surface area contributed by atoms with Gasteiger partial charge in [-0.25, -0.2) is 0 Å². The molecule has 0 aliphatic rings. The molecule has 0 aliphatic carbocycles. The molecule has 2 aromatic carbocycles. The number of carbonyl (C=O) groups is 1. The molecule has 1 N–H and O–H groups in total. The van der Waals surface area contributed by atoms with E-state index in [1.165, 1.54) is 6.08 Å². The van der Waals surface area contributed by atoms with E-state index in [4.69, 9.17) is 11.6 Å². The lowest BCUT2D eigenvalue weighted by Gasteiger charge is -2.11. The molecule has 4 rings (SSSR count). The molecule has 0 bridgehead atoms. The molecule has 4 aromatic rings. The molecule has 4 nitrogen and oxygen atoms in total. The van der Waals surface area contributed by atoms with Gasteiger partial charge in [-0.1, -0.05) is 48.0 Å². The first kappa shape index (κ1) is 17.9. The summed E-state index contributed by atoms with van der Waals surface area (Å²) < 4.78 is 0. The number of H-pyrrole nitrogens is 1. The summed E-state index contributed by atoms with van der Waals surface area (Å²) in [5.74, 6) is -0.376. The molecule has 0 unspecified atom stereocenters. The van der Waals surface area contributed by atoms with Crippen LogP contribution in [0.2, 0.25) is 5.02 Å². The quantitative estimate of drug-likeness (QED) is 0.390. The van der Waals surface area contributed by atoms with E-state index in [1.54, 1.807) is 48.8 Å². The number of hydrogen-bond acceptors (Lipinski definition) is 3. The van der Waals surface area contributed by atoms with Gasteiger partial charge in [-0.15, -0.1) is 0 Å². The van der Waals surface area contributed by atoms with Gasteiger partial charge in [0.25, 0.3) is 5.56 Å². The van der Waals surface area contributed by atoms with E-state index in [9.17, 15) is 9.59 Å². The predicted octanol–water partition coefficient (Wildman–Crippen LogP) is 5.14. The van der Waals surface area contributed by atoms with Crippen LogP contribution in [0.25, 0.3) is 28.1 Å². The maximum absolute atomic E-state index is 13.0.